The van der Waals surface area contributed by atoms with Gasteiger partial charge in [0, 0.05) is 6.20 Å². The second-order valence-electron chi connectivity index (χ2n) is 2.68. The van der Waals surface area contributed by atoms with Gasteiger partial charge in [0.15, 0.2) is 0 Å². The Kier molecular flexibility index (Phi) is 2.65. The van der Waals surface area contributed by atoms with Crippen molar-refractivity contribution in [2.75, 3.05) is 0 Å². The minimum absolute atomic E-state index is 0.429. The molecule has 0 amide bonds. The van der Waals surface area contributed by atoms with E-state index in [1.165, 1.54) is 11.8 Å². The summed E-state index contributed by atoms with van der Waals surface area (Å²) in [7, 11) is 0. The molecule has 1 aromatic rings. The third kappa shape index (κ3) is 2.03. The van der Waals surface area contributed by atoms with Gasteiger partial charge in [-0.2, -0.15) is 5.26 Å². The average molecular weight is 205 g/mol. The Bertz CT molecular complexity index is 385. The van der Waals surface area contributed by atoms with Gasteiger partial charge in [0.1, 0.15) is 16.1 Å². The van der Waals surface area contributed by atoms with Gasteiger partial charge in [0.05, 0.1) is 6.42 Å². The second-order valence-corrected chi connectivity index (χ2v) is 3.78. The lowest BCUT2D eigenvalue weighted by Gasteiger charge is -1.96. The molecule has 1 unspecified atom stereocenters. The van der Waals surface area contributed by atoms with E-state index in [1.54, 1.807) is 6.20 Å². The summed E-state index contributed by atoms with van der Waals surface area (Å²) in [6.45, 7) is 0. The highest BCUT2D eigenvalue weighted by molar-refractivity contribution is 8.13. The van der Waals surface area contributed by atoms with Crippen LogP contribution in [0.5, 0.6) is 0 Å². The predicted octanol–water partition coefficient (Wildman–Crippen LogP) is 1.80. The van der Waals surface area contributed by atoms with Crippen molar-refractivity contribution in [2.45, 2.75) is 17.6 Å². The van der Waals surface area contributed by atoms with Crippen molar-refractivity contribution in [1.29, 1.82) is 5.26 Å². The lowest BCUT2D eigenvalue weighted by Crippen LogP contribution is -2.01. The predicted molar refractivity (Wildman–Crippen MR) is 52.6 cm³/mol. The van der Waals surface area contributed by atoms with E-state index in [0.29, 0.717) is 6.42 Å². The van der Waals surface area contributed by atoms with E-state index in [9.17, 15) is 0 Å². The largest absolute Gasteiger partial charge is 0.376 e. The molecule has 0 saturated heterocycles. The van der Waals surface area contributed by atoms with Crippen LogP contribution in [0.3, 0.4) is 0 Å². The van der Waals surface area contributed by atoms with Crippen molar-refractivity contribution in [3.05, 3.63) is 24.4 Å². The molecule has 70 valence electrons. The van der Waals surface area contributed by atoms with E-state index < -0.39 is 6.10 Å². The Balaban J connectivity index is 1.98. The van der Waals surface area contributed by atoms with Crippen molar-refractivity contribution >= 4 is 16.8 Å². The summed E-state index contributed by atoms with van der Waals surface area (Å²) < 4.78 is 0. The molecule has 0 bridgehead atoms. The van der Waals surface area contributed by atoms with Gasteiger partial charge in [-0.15, -0.1) is 0 Å². The zero-order chi connectivity index (χ0) is 9.80. The highest BCUT2D eigenvalue weighted by Crippen LogP contribution is 2.24. The van der Waals surface area contributed by atoms with Gasteiger partial charge >= 0.3 is 0 Å². The molecule has 5 heteroatoms. The van der Waals surface area contributed by atoms with E-state index >= 15 is 0 Å². The number of pyridine rings is 1. The van der Waals surface area contributed by atoms with Crippen LogP contribution >= 0.6 is 11.8 Å². The number of thioether (sulfide) groups is 1. The maximum absolute atomic E-state index is 8.58. The molecule has 0 saturated carbocycles. The molecule has 1 aromatic heterocycles. The van der Waals surface area contributed by atoms with Crippen molar-refractivity contribution in [3.63, 3.8) is 0 Å². The second kappa shape index (κ2) is 4.11. The van der Waals surface area contributed by atoms with Crippen LogP contribution in [0.2, 0.25) is 0 Å². The van der Waals surface area contributed by atoms with E-state index in [-0.39, 0.29) is 0 Å². The molecule has 1 atom stereocenters. The maximum Gasteiger partial charge on any atom is 0.218 e. The molecule has 0 N–H and O–H groups in total. The first-order chi connectivity index (χ1) is 6.88. The number of hydrogen-bond acceptors (Lipinski definition) is 5. The molecule has 0 aliphatic carbocycles. The Morgan fingerprint density at radius 1 is 1.57 bits per heavy atom. The van der Waals surface area contributed by atoms with Gasteiger partial charge in [-0.05, 0) is 12.1 Å². The van der Waals surface area contributed by atoms with Crippen molar-refractivity contribution < 1.29 is 4.84 Å². The fourth-order valence-electron chi connectivity index (χ4n) is 1.01. The fraction of sp³-hybridized carbons (Fsp3) is 0.222. The van der Waals surface area contributed by atoms with Gasteiger partial charge in [0.2, 0.25) is 6.10 Å². The van der Waals surface area contributed by atoms with Gasteiger partial charge in [-0.25, -0.2) is 4.98 Å². The zero-order valence-corrected chi connectivity index (χ0v) is 8.07. The normalized spacial score (nSPS) is 19.6. The molecule has 1 aliphatic heterocycles. The van der Waals surface area contributed by atoms with E-state index in [4.69, 9.17) is 10.1 Å². The van der Waals surface area contributed by atoms with Gasteiger partial charge in [-0.1, -0.05) is 23.0 Å². The number of oxime groups is 1. The summed E-state index contributed by atoms with van der Waals surface area (Å²) in [6, 6.07) is 7.67. The Labute approximate surface area is 85.6 Å². The van der Waals surface area contributed by atoms with Crippen LogP contribution in [0.15, 0.2) is 34.6 Å². The van der Waals surface area contributed by atoms with Crippen molar-refractivity contribution in [1.82, 2.24) is 4.98 Å². The number of aromatic nitrogens is 1. The van der Waals surface area contributed by atoms with Gasteiger partial charge < -0.3 is 4.84 Å². The van der Waals surface area contributed by atoms with Crippen LogP contribution in [0, 0.1) is 11.3 Å². The third-order valence-electron chi connectivity index (χ3n) is 1.65. The Morgan fingerprint density at radius 2 is 2.50 bits per heavy atom. The van der Waals surface area contributed by atoms with Crippen molar-refractivity contribution in [3.8, 4) is 6.07 Å². The number of hydrogen-bond donors (Lipinski definition) is 0. The topological polar surface area (TPSA) is 58.3 Å². The summed E-state index contributed by atoms with van der Waals surface area (Å²) in [4.78, 5) is 9.00. The minimum atomic E-state index is -0.429. The van der Waals surface area contributed by atoms with Gasteiger partial charge in [0.25, 0.3) is 0 Å². The van der Waals surface area contributed by atoms with Crippen LogP contribution in [0.25, 0.3) is 0 Å². The Hall–Kier alpha value is -1.54. The highest BCUT2D eigenvalue weighted by atomic mass is 32.2. The zero-order valence-electron chi connectivity index (χ0n) is 7.25. The number of rotatable bonds is 1. The fourth-order valence-corrected chi connectivity index (χ4v) is 1.83. The first kappa shape index (κ1) is 9.03. The summed E-state index contributed by atoms with van der Waals surface area (Å²) in [5, 5.41) is 14.0. The smallest absolute Gasteiger partial charge is 0.218 e. The Morgan fingerprint density at radius 3 is 3.14 bits per heavy atom. The molecular formula is C9H7N3OS. The summed E-state index contributed by atoms with van der Waals surface area (Å²) >= 11 is 1.43. The summed E-state index contributed by atoms with van der Waals surface area (Å²) in [5.41, 5.74) is 0. The maximum atomic E-state index is 8.58. The lowest BCUT2D eigenvalue weighted by atomic mass is 10.3. The lowest BCUT2D eigenvalue weighted by molar-refractivity contribution is 0.125. The van der Waals surface area contributed by atoms with Crippen LogP contribution in [-0.4, -0.2) is 16.1 Å². The first-order valence-electron chi connectivity index (χ1n) is 4.09. The van der Waals surface area contributed by atoms with Crippen molar-refractivity contribution in [2.24, 2.45) is 5.16 Å². The SMILES string of the molecule is N#CC1CC(Sc2ccccn2)=NO1. The molecule has 2 heterocycles. The average Bonchev–Trinajstić information content (AvgIpc) is 2.67. The third-order valence-corrected chi connectivity index (χ3v) is 2.57. The molecule has 0 radical (unpaired) electrons. The van der Waals surface area contributed by atoms with Crippen LogP contribution < -0.4 is 0 Å². The van der Waals surface area contributed by atoms with Crippen LogP contribution in [0.1, 0.15) is 6.42 Å². The number of nitriles is 1. The summed E-state index contributed by atoms with van der Waals surface area (Å²) in [6.07, 6.45) is 1.85. The minimum Gasteiger partial charge on any atom is -0.376 e. The number of nitrogens with zero attached hydrogens (tertiary/aromatic N) is 3. The molecule has 0 fully saturated rings. The van der Waals surface area contributed by atoms with E-state index in [1.807, 2.05) is 24.3 Å². The van der Waals surface area contributed by atoms with E-state index in [2.05, 4.69) is 10.1 Å². The molecule has 0 aromatic carbocycles. The summed E-state index contributed by atoms with van der Waals surface area (Å²) in [5.74, 6) is 0. The van der Waals surface area contributed by atoms with Gasteiger partial charge in [-0.3, -0.25) is 0 Å². The highest BCUT2D eigenvalue weighted by Gasteiger charge is 2.21. The molecule has 4 nitrogen and oxygen atoms in total. The van der Waals surface area contributed by atoms with Crippen LogP contribution in [0.4, 0.5) is 0 Å². The molecule has 14 heavy (non-hydrogen) atoms. The molecular weight excluding hydrogens is 198 g/mol. The van der Waals surface area contributed by atoms with Crippen LogP contribution in [-0.2, 0) is 4.84 Å². The molecule has 1 aliphatic rings. The standard InChI is InChI=1S/C9H7N3OS/c10-6-7-5-9(12-13-7)14-8-3-1-2-4-11-8/h1-4,7H,5H2. The first-order valence-corrected chi connectivity index (χ1v) is 4.91. The van der Waals surface area contributed by atoms with E-state index in [0.717, 1.165) is 10.1 Å². The molecule has 2 rings (SSSR count). The molecule has 0 spiro atoms. The quantitative estimate of drug-likeness (QED) is 0.701. The monoisotopic (exact) mass is 205 g/mol.